The van der Waals surface area contributed by atoms with Gasteiger partial charge in [-0.2, -0.15) is 4.68 Å². The molecule has 4 rings (SSSR count). The molecule has 2 fully saturated rings. The zero-order chi connectivity index (χ0) is 23.6. The molecule has 0 aliphatic carbocycles. The van der Waals surface area contributed by atoms with E-state index in [0.717, 1.165) is 43.7 Å². The molecule has 0 unspecified atom stereocenters. The number of carbonyl (C=O) groups excluding carboxylic acids is 1. The highest BCUT2D eigenvalue weighted by Crippen LogP contribution is 2.30. The van der Waals surface area contributed by atoms with Crippen molar-refractivity contribution in [2.45, 2.75) is 32.5 Å². The summed E-state index contributed by atoms with van der Waals surface area (Å²) in [6.07, 6.45) is 2.94. The minimum Gasteiger partial charge on any atom is -0.371 e. The van der Waals surface area contributed by atoms with Gasteiger partial charge in [0.15, 0.2) is 5.82 Å². The summed E-state index contributed by atoms with van der Waals surface area (Å²) in [4.78, 5) is 19.1. The van der Waals surface area contributed by atoms with Crippen LogP contribution in [0.1, 0.15) is 24.0 Å². The predicted octanol–water partition coefficient (Wildman–Crippen LogP) is 2.29. The van der Waals surface area contributed by atoms with Gasteiger partial charge >= 0.3 is 6.03 Å². The maximum atomic E-state index is 13.6. The Balaban J connectivity index is 1.36. The fourth-order valence-corrected chi connectivity index (χ4v) is 5.02. The second kappa shape index (κ2) is 9.68. The van der Waals surface area contributed by atoms with Crippen LogP contribution in [-0.4, -0.2) is 85.7 Å². The van der Waals surface area contributed by atoms with E-state index in [4.69, 9.17) is 0 Å². The van der Waals surface area contributed by atoms with Gasteiger partial charge in [-0.15, -0.1) is 5.10 Å². The summed E-state index contributed by atoms with van der Waals surface area (Å²) in [5.41, 5.74) is 3.65. The summed E-state index contributed by atoms with van der Waals surface area (Å²) in [5, 5.41) is 4.03. The molecule has 0 saturated carbocycles. The molecule has 3 heterocycles. The van der Waals surface area contributed by atoms with Gasteiger partial charge in [0.2, 0.25) is 10.0 Å². The molecule has 2 aromatic rings. The van der Waals surface area contributed by atoms with Crippen molar-refractivity contribution in [1.29, 1.82) is 0 Å². The van der Waals surface area contributed by atoms with E-state index in [2.05, 4.69) is 44.7 Å². The lowest BCUT2D eigenvalue weighted by Gasteiger charge is -2.37. The van der Waals surface area contributed by atoms with Gasteiger partial charge in [0.1, 0.15) is 6.17 Å². The molecule has 1 amide bonds. The monoisotopic (exact) mass is 478 g/mol. The molecule has 0 atom stereocenters. The van der Waals surface area contributed by atoms with Gasteiger partial charge in [-0.05, 0) is 30.9 Å². The quantitative estimate of drug-likeness (QED) is 0.709. The van der Waals surface area contributed by atoms with Crippen molar-refractivity contribution in [3.05, 3.63) is 41.6 Å². The molecule has 1 N–H and O–H groups in total. The number of alkyl halides is 1. The third-order valence-electron chi connectivity index (χ3n) is 6.17. The minimum absolute atomic E-state index is 0.119. The van der Waals surface area contributed by atoms with Crippen LogP contribution in [0.25, 0.3) is 0 Å². The first kappa shape index (κ1) is 23.5. The maximum Gasteiger partial charge on any atom is 0.344 e. The van der Waals surface area contributed by atoms with Crippen LogP contribution in [0, 0.1) is 6.92 Å². The number of piperazine rings is 1. The smallest absolute Gasteiger partial charge is 0.344 e. The molecule has 11 heteroatoms. The highest BCUT2D eigenvalue weighted by molar-refractivity contribution is 7.92. The molecule has 0 bridgehead atoms. The van der Waals surface area contributed by atoms with Crippen LogP contribution in [0.15, 0.2) is 30.5 Å². The van der Waals surface area contributed by atoms with Crippen molar-refractivity contribution in [3.8, 4) is 0 Å². The summed E-state index contributed by atoms with van der Waals surface area (Å²) >= 11 is 0. The predicted molar refractivity (Wildman–Crippen MR) is 126 cm³/mol. The van der Waals surface area contributed by atoms with Gasteiger partial charge in [-0.25, -0.2) is 17.6 Å². The Hall–Kier alpha value is -2.66. The van der Waals surface area contributed by atoms with Crippen LogP contribution in [0.2, 0.25) is 0 Å². The van der Waals surface area contributed by atoms with E-state index in [1.165, 1.54) is 29.1 Å². The largest absolute Gasteiger partial charge is 0.371 e. The Bertz CT molecular complexity index is 1090. The summed E-state index contributed by atoms with van der Waals surface area (Å²) < 4.78 is 39.8. The Morgan fingerprint density at radius 3 is 2.48 bits per heavy atom. The Kier molecular flexibility index (Phi) is 6.89. The number of rotatable bonds is 5. The van der Waals surface area contributed by atoms with E-state index < -0.39 is 16.2 Å². The number of hydrogen-bond acceptors (Lipinski definition) is 6. The number of carbonyl (C=O) groups is 1. The number of anilines is 2. The number of nitrogens with zero attached hydrogens (tertiary/aromatic N) is 5. The number of aromatic nitrogens is 2. The highest BCUT2D eigenvalue weighted by Gasteiger charge is 2.26. The number of nitrogens with one attached hydrogen (secondary N) is 1. The fourth-order valence-electron chi connectivity index (χ4n) is 4.53. The topological polar surface area (TPSA) is 90.8 Å². The van der Waals surface area contributed by atoms with E-state index in [0.29, 0.717) is 25.9 Å². The van der Waals surface area contributed by atoms with Gasteiger partial charge in [0.05, 0.1) is 6.26 Å². The summed E-state index contributed by atoms with van der Waals surface area (Å²) in [6.45, 7) is 6.92. The molecule has 9 nitrogen and oxygen atoms in total. The number of halogens is 1. The van der Waals surface area contributed by atoms with Crippen LogP contribution in [0.5, 0.6) is 0 Å². The summed E-state index contributed by atoms with van der Waals surface area (Å²) in [7, 11) is -3.45. The lowest BCUT2D eigenvalue weighted by atomic mass is 10.0. The summed E-state index contributed by atoms with van der Waals surface area (Å²) in [6, 6.07) is 7.49. The van der Waals surface area contributed by atoms with Crippen molar-refractivity contribution in [2.75, 3.05) is 55.1 Å². The second-order valence-corrected chi connectivity index (χ2v) is 10.6. The minimum atomic E-state index is -3.45. The van der Waals surface area contributed by atoms with E-state index >= 15 is 0 Å². The molecular formula is C22H31FN6O3S. The average molecular weight is 479 g/mol. The lowest BCUT2D eigenvalue weighted by molar-refractivity contribution is 0.134. The number of sulfonamides is 1. The van der Waals surface area contributed by atoms with Crippen LogP contribution < -0.4 is 9.62 Å². The molecule has 0 radical (unpaired) electrons. The number of aryl methyl sites for hydroxylation is 1. The Labute approximate surface area is 194 Å². The van der Waals surface area contributed by atoms with Gasteiger partial charge in [0, 0.05) is 63.8 Å². The third kappa shape index (κ3) is 5.83. The molecule has 2 aliphatic heterocycles. The van der Waals surface area contributed by atoms with Crippen LogP contribution in [-0.2, 0) is 16.6 Å². The fraction of sp³-hybridized carbons (Fsp3) is 0.545. The van der Waals surface area contributed by atoms with E-state index in [-0.39, 0.29) is 11.8 Å². The van der Waals surface area contributed by atoms with E-state index in [1.54, 1.807) is 4.90 Å². The molecular weight excluding hydrogens is 447 g/mol. The first-order valence-corrected chi connectivity index (χ1v) is 13.1. The lowest BCUT2D eigenvalue weighted by Crippen LogP contribution is -2.49. The van der Waals surface area contributed by atoms with Gasteiger partial charge in [-0.1, -0.05) is 18.2 Å². The van der Waals surface area contributed by atoms with Crippen LogP contribution >= 0.6 is 0 Å². The zero-order valence-electron chi connectivity index (χ0n) is 19.1. The molecule has 1 aromatic carbocycles. The SMILES string of the molecule is Cc1cccc(CN2CCN(C(=O)n3ccc(NS(C)(=O)=O)n3)CC2)c1N1CCC(F)CC1. The number of piperidine rings is 1. The molecule has 2 saturated heterocycles. The second-order valence-electron chi connectivity index (χ2n) is 8.81. The first-order chi connectivity index (χ1) is 15.7. The normalized spacial score (nSPS) is 18.5. The number of para-hydroxylation sites is 1. The number of benzene rings is 1. The molecule has 180 valence electrons. The van der Waals surface area contributed by atoms with E-state index in [9.17, 15) is 17.6 Å². The van der Waals surface area contributed by atoms with Crippen molar-refractivity contribution in [1.82, 2.24) is 19.6 Å². The van der Waals surface area contributed by atoms with Gasteiger partial charge < -0.3 is 9.80 Å². The number of hydrogen-bond donors (Lipinski definition) is 1. The molecule has 1 aromatic heterocycles. The number of amides is 1. The Morgan fingerprint density at radius 1 is 1.12 bits per heavy atom. The average Bonchev–Trinajstić information content (AvgIpc) is 3.22. The molecule has 0 spiro atoms. The maximum absolute atomic E-state index is 13.6. The van der Waals surface area contributed by atoms with Crippen molar-refractivity contribution in [2.24, 2.45) is 0 Å². The Morgan fingerprint density at radius 2 is 1.82 bits per heavy atom. The molecule has 2 aliphatic rings. The first-order valence-electron chi connectivity index (χ1n) is 11.2. The molecule has 33 heavy (non-hydrogen) atoms. The summed E-state index contributed by atoms with van der Waals surface area (Å²) in [5.74, 6) is 0.119. The standard InChI is InChI=1S/C22H31FN6O3S/c1-17-4-3-5-18(21(17)27-9-6-19(23)7-10-27)16-26-12-14-28(15-13-26)22(30)29-11-8-20(24-29)25-33(2,31)32/h3-5,8,11,19H,6-7,9-10,12-16H2,1-2H3,(H,24,25). The zero-order valence-corrected chi connectivity index (χ0v) is 19.9. The van der Waals surface area contributed by atoms with Crippen molar-refractivity contribution >= 4 is 27.6 Å². The third-order valence-corrected chi connectivity index (χ3v) is 6.75. The van der Waals surface area contributed by atoms with Crippen molar-refractivity contribution < 1.29 is 17.6 Å². The van der Waals surface area contributed by atoms with Crippen LogP contribution in [0.4, 0.5) is 20.7 Å². The van der Waals surface area contributed by atoms with Crippen molar-refractivity contribution in [3.63, 3.8) is 0 Å². The van der Waals surface area contributed by atoms with Gasteiger partial charge in [0.25, 0.3) is 0 Å². The van der Waals surface area contributed by atoms with Crippen LogP contribution in [0.3, 0.4) is 0 Å². The highest BCUT2D eigenvalue weighted by atomic mass is 32.2. The van der Waals surface area contributed by atoms with E-state index in [1.807, 2.05) is 0 Å². The van der Waals surface area contributed by atoms with Gasteiger partial charge in [-0.3, -0.25) is 9.62 Å².